The predicted molar refractivity (Wildman–Crippen MR) is 95.2 cm³/mol. The van der Waals surface area contributed by atoms with Crippen molar-refractivity contribution in [2.24, 2.45) is 0 Å². The molecule has 8 heteroatoms. The fourth-order valence-electron chi connectivity index (χ4n) is 2.25. The Kier molecular flexibility index (Phi) is 6.31. The highest BCUT2D eigenvalue weighted by atomic mass is 79.9. The van der Waals surface area contributed by atoms with Crippen LogP contribution in [0, 0.1) is 5.82 Å². The van der Waals surface area contributed by atoms with E-state index < -0.39 is 27.9 Å². The molecule has 0 amide bonds. The molecule has 2 rings (SSSR count). The number of ether oxygens (including phenoxy) is 1. The lowest BCUT2D eigenvalue weighted by molar-refractivity contribution is 0.0526. The van der Waals surface area contributed by atoms with Crippen molar-refractivity contribution in [2.75, 3.05) is 6.61 Å². The lowest BCUT2D eigenvalue weighted by atomic mass is 10.1. The molecule has 2 aromatic carbocycles. The van der Waals surface area contributed by atoms with Crippen molar-refractivity contribution in [3.8, 4) is 0 Å². The lowest BCUT2D eigenvalue weighted by Crippen LogP contribution is -2.27. The monoisotopic (exact) mass is 429 g/mol. The van der Waals surface area contributed by atoms with Gasteiger partial charge in [-0.1, -0.05) is 18.2 Å². The molecule has 134 valence electrons. The Labute approximate surface area is 154 Å². The first-order valence-electron chi connectivity index (χ1n) is 7.49. The number of hydrogen-bond acceptors (Lipinski definition) is 4. The van der Waals surface area contributed by atoms with E-state index in [1.165, 1.54) is 36.4 Å². The highest BCUT2D eigenvalue weighted by molar-refractivity contribution is 9.10. The van der Waals surface area contributed by atoms with E-state index in [-0.39, 0.29) is 27.1 Å². The summed E-state index contributed by atoms with van der Waals surface area (Å²) in [6.45, 7) is 3.45. The number of esters is 1. The van der Waals surface area contributed by atoms with Crippen LogP contribution >= 0.6 is 15.9 Å². The second-order valence-electron chi connectivity index (χ2n) is 5.23. The Morgan fingerprint density at radius 1 is 1.28 bits per heavy atom. The van der Waals surface area contributed by atoms with Gasteiger partial charge in [-0.15, -0.1) is 0 Å². The zero-order chi connectivity index (χ0) is 18.6. The molecule has 0 aromatic heterocycles. The van der Waals surface area contributed by atoms with Gasteiger partial charge in [-0.25, -0.2) is 22.3 Å². The minimum Gasteiger partial charge on any atom is -0.462 e. The minimum atomic E-state index is -3.93. The smallest absolute Gasteiger partial charge is 0.338 e. The van der Waals surface area contributed by atoms with Crippen molar-refractivity contribution in [1.82, 2.24) is 4.72 Å². The molecule has 0 aliphatic carbocycles. The number of nitrogens with one attached hydrogen (secondary N) is 1. The molecule has 0 bridgehead atoms. The summed E-state index contributed by atoms with van der Waals surface area (Å²) in [4.78, 5) is 11.7. The van der Waals surface area contributed by atoms with E-state index in [9.17, 15) is 17.6 Å². The number of sulfonamides is 1. The molecule has 0 saturated carbocycles. The molecule has 5 nitrogen and oxygen atoms in total. The van der Waals surface area contributed by atoms with Crippen LogP contribution < -0.4 is 4.72 Å². The number of rotatable bonds is 6. The van der Waals surface area contributed by atoms with Crippen molar-refractivity contribution in [3.05, 3.63) is 63.9 Å². The van der Waals surface area contributed by atoms with Crippen LogP contribution in [0.3, 0.4) is 0 Å². The first kappa shape index (κ1) is 19.6. The topological polar surface area (TPSA) is 72.5 Å². The van der Waals surface area contributed by atoms with Crippen LogP contribution in [0.5, 0.6) is 0 Å². The van der Waals surface area contributed by atoms with Crippen molar-refractivity contribution >= 4 is 31.9 Å². The van der Waals surface area contributed by atoms with Crippen LogP contribution in [-0.2, 0) is 14.8 Å². The van der Waals surface area contributed by atoms with E-state index >= 15 is 0 Å². The van der Waals surface area contributed by atoms with Crippen molar-refractivity contribution < 1.29 is 22.3 Å². The highest BCUT2D eigenvalue weighted by Crippen LogP contribution is 2.26. The maximum Gasteiger partial charge on any atom is 0.338 e. The average Bonchev–Trinajstić information content (AvgIpc) is 2.54. The van der Waals surface area contributed by atoms with Gasteiger partial charge >= 0.3 is 5.97 Å². The number of carbonyl (C=O) groups is 1. The summed E-state index contributed by atoms with van der Waals surface area (Å²) in [7, 11) is -3.93. The summed E-state index contributed by atoms with van der Waals surface area (Å²) in [5.74, 6) is -1.03. The van der Waals surface area contributed by atoms with Crippen LogP contribution in [0.15, 0.2) is 51.8 Å². The molecule has 1 unspecified atom stereocenters. The third-order valence-corrected chi connectivity index (χ3v) is 5.95. The Morgan fingerprint density at radius 3 is 2.56 bits per heavy atom. The fraction of sp³-hybridized carbons (Fsp3) is 0.235. The van der Waals surface area contributed by atoms with Crippen LogP contribution in [0.25, 0.3) is 0 Å². The Hall–Kier alpha value is -1.77. The second kappa shape index (κ2) is 8.07. The molecule has 0 fully saturated rings. The maximum absolute atomic E-state index is 13.8. The van der Waals surface area contributed by atoms with E-state index in [1.54, 1.807) is 19.9 Å². The van der Waals surface area contributed by atoms with Crippen molar-refractivity contribution in [2.45, 2.75) is 24.8 Å². The van der Waals surface area contributed by atoms with E-state index in [2.05, 4.69) is 20.7 Å². The van der Waals surface area contributed by atoms with Gasteiger partial charge in [-0.3, -0.25) is 0 Å². The summed E-state index contributed by atoms with van der Waals surface area (Å²) in [6.07, 6.45) is 0. The molecule has 0 spiro atoms. The first-order valence-corrected chi connectivity index (χ1v) is 9.77. The van der Waals surface area contributed by atoms with Gasteiger partial charge in [0.15, 0.2) is 0 Å². The summed E-state index contributed by atoms with van der Waals surface area (Å²) < 4.78 is 46.5. The lowest BCUT2D eigenvalue weighted by Gasteiger charge is -2.16. The van der Waals surface area contributed by atoms with Crippen LogP contribution in [0.2, 0.25) is 0 Å². The molecule has 1 N–H and O–H groups in total. The molecule has 0 aliphatic rings. The Balaban J connectivity index is 2.28. The quantitative estimate of drug-likeness (QED) is 0.708. The number of halogens is 2. The average molecular weight is 430 g/mol. The van der Waals surface area contributed by atoms with E-state index in [4.69, 9.17) is 4.74 Å². The summed E-state index contributed by atoms with van der Waals surface area (Å²) >= 11 is 3.16. The normalized spacial score (nSPS) is 12.6. The molecule has 0 heterocycles. The van der Waals surface area contributed by atoms with E-state index in [0.717, 1.165) is 0 Å². The van der Waals surface area contributed by atoms with Gasteiger partial charge in [0.25, 0.3) is 0 Å². The molecular weight excluding hydrogens is 413 g/mol. The Bertz CT molecular complexity index is 886. The largest absolute Gasteiger partial charge is 0.462 e. The molecule has 2 aromatic rings. The molecule has 0 radical (unpaired) electrons. The first-order chi connectivity index (χ1) is 11.8. The van der Waals surface area contributed by atoms with Crippen LogP contribution in [0.4, 0.5) is 4.39 Å². The van der Waals surface area contributed by atoms with Gasteiger partial charge in [-0.2, -0.15) is 0 Å². The summed E-state index contributed by atoms with van der Waals surface area (Å²) in [6, 6.07) is 9.23. The molecule has 1 atom stereocenters. The van der Waals surface area contributed by atoms with Crippen LogP contribution in [0.1, 0.15) is 35.8 Å². The summed E-state index contributed by atoms with van der Waals surface area (Å²) in [5.41, 5.74) is 0.472. The van der Waals surface area contributed by atoms with Crippen LogP contribution in [-0.4, -0.2) is 21.0 Å². The van der Waals surface area contributed by atoms with Crippen molar-refractivity contribution in [1.29, 1.82) is 0 Å². The standard InChI is InChI=1S/C17H17BrFNO4S/c1-3-24-17(21)12-8-9-16(14(18)10-12)25(22,23)20-11(2)13-6-4-5-7-15(13)19/h4-11,20H,3H2,1-2H3. The fourth-order valence-corrected chi connectivity index (χ4v) is 4.55. The third kappa shape index (κ3) is 4.65. The van der Waals surface area contributed by atoms with Gasteiger partial charge in [0.05, 0.1) is 17.1 Å². The third-order valence-electron chi connectivity index (χ3n) is 3.44. The molecular formula is C17H17BrFNO4S. The predicted octanol–water partition coefficient (Wildman–Crippen LogP) is 3.80. The Morgan fingerprint density at radius 2 is 1.96 bits per heavy atom. The van der Waals surface area contributed by atoms with E-state index in [0.29, 0.717) is 0 Å². The second-order valence-corrected chi connectivity index (χ2v) is 7.77. The minimum absolute atomic E-state index is 0.0521. The maximum atomic E-state index is 13.8. The van der Waals surface area contributed by atoms with Gasteiger partial charge in [0, 0.05) is 16.1 Å². The molecule has 0 saturated heterocycles. The molecule has 25 heavy (non-hydrogen) atoms. The number of carbonyl (C=O) groups excluding carboxylic acids is 1. The zero-order valence-corrected chi connectivity index (χ0v) is 16.0. The molecule has 0 aliphatic heterocycles. The SMILES string of the molecule is CCOC(=O)c1ccc(S(=O)(=O)NC(C)c2ccccc2F)c(Br)c1. The zero-order valence-electron chi connectivity index (χ0n) is 13.6. The number of hydrogen-bond donors (Lipinski definition) is 1. The van der Waals surface area contributed by atoms with Gasteiger partial charge in [0.2, 0.25) is 10.0 Å². The van der Waals surface area contributed by atoms with Gasteiger partial charge in [-0.05, 0) is 54.0 Å². The van der Waals surface area contributed by atoms with Gasteiger partial charge < -0.3 is 4.74 Å². The van der Waals surface area contributed by atoms with Gasteiger partial charge in [0.1, 0.15) is 5.82 Å². The highest BCUT2D eigenvalue weighted by Gasteiger charge is 2.23. The summed E-state index contributed by atoms with van der Waals surface area (Å²) in [5, 5.41) is 0. The van der Waals surface area contributed by atoms with E-state index in [1.807, 2.05) is 0 Å². The van der Waals surface area contributed by atoms with Crippen molar-refractivity contribution in [3.63, 3.8) is 0 Å². The number of benzene rings is 2.